The number of nitrogens with one attached hydrogen (secondary N) is 1. The van der Waals surface area contributed by atoms with Crippen LogP contribution in [0.5, 0.6) is 5.75 Å². The minimum Gasteiger partial charge on any atom is -0.496 e. The van der Waals surface area contributed by atoms with E-state index in [1.54, 1.807) is 19.2 Å². The molecular weight excluding hydrogens is 336 g/mol. The van der Waals surface area contributed by atoms with Crippen LogP contribution in [0.15, 0.2) is 48.5 Å². The molecule has 0 radical (unpaired) electrons. The zero-order valence-electron chi connectivity index (χ0n) is 14.5. The molecule has 0 spiro atoms. The van der Waals surface area contributed by atoms with E-state index in [1.165, 1.54) is 17.0 Å². The van der Waals surface area contributed by atoms with Crippen molar-refractivity contribution in [3.05, 3.63) is 65.2 Å². The van der Waals surface area contributed by atoms with E-state index in [-0.39, 0.29) is 31.3 Å². The van der Waals surface area contributed by atoms with E-state index in [1.807, 2.05) is 24.3 Å². The SMILES string of the molecule is COc1ccccc1CN(CCO)C(=O)NCc1ccc(C(=O)O)cc1. The number of benzene rings is 2. The van der Waals surface area contributed by atoms with Gasteiger partial charge in [0.2, 0.25) is 0 Å². The van der Waals surface area contributed by atoms with Crippen LogP contribution in [0.4, 0.5) is 4.79 Å². The van der Waals surface area contributed by atoms with Crippen LogP contribution in [-0.2, 0) is 13.1 Å². The summed E-state index contributed by atoms with van der Waals surface area (Å²) in [4.78, 5) is 24.8. The van der Waals surface area contributed by atoms with Crippen molar-refractivity contribution < 1.29 is 24.5 Å². The molecule has 0 bridgehead atoms. The number of carboxylic acid groups (broad SMARTS) is 1. The number of carbonyl (C=O) groups excluding carboxylic acids is 1. The Hall–Kier alpha value is -3.06. The molecule has 0 aromatic heterocycles. The molecule has 0 aliphatic heterocycles. The van der Waals surface area contributed by atoms with Gasteiger partial charge in [-0.1, -0.05) is 30.3 Å². The van der Waals surface area contributed by atoms with Crippen LogP contribution in [0.1, 0.15) is 21.5 Å². The molecule has 0 saturated heterocycles. The summed E-state index contributed by atoms with van der Waals surface area (Å²) in [5, 5.41) is 20.9. The Kier molecular flexibility index (Phi) is 6.99. The highest BCUT2D eigenvalue weighted by Gasteiger charge is 2.15. The second kappa shape index (κ2) is 9.43. The summed E-state index contributed by atoms with van der Waals surface area (Å²) in [6.07, 6.45) is 0. The maximum absolute atomic E-state index is 12.5. The highest BCUT2D eigenvalue weighted by molar-refractivity contribution is 5.87. The van der Waals surface area contributed by atoms with Crippen molar-refractivity contribution in [2.45, 2.75) is 13.1 Å². The first-order valence-electron chi connectivity index (χ1n) is 8.13. The Labute approximate surface area is 151 Å². The quantitative estimate of drug-likeness (QED) is 0.671. The predicted octanol–water partition coefficient (Wildman–Crippen LogP) is 2.10. The van der Waals surface area contributed by atoms with Gasteiger partial charge in [-0.15, -0.1) is 0 Å². The van der Waals surface area contributed by atoms with E-state index in [0.29, 0.717) is 12.3 Å². The number of ether oxygens (including phenoxy) is 1. The minimum absolute atomic E-state index is 0.157. The van der Waals surface area contributed by atoms with Gasteiger partial charge in [0.05, 0.1) is 25.8 Å². The Bertz CT molecular complexity index is 746. The number of aliphatic hydroxyl groups is 1. The molecule has 0 unspecified atom stereocenters. The molecule has 3 N–H and O–H groups in total. The molecule has 2 aromatic carbocycles. The van der Waals surface area contributed by atoms with Crippen molar-refractivity contribution in [2.75, 3.05) is 20.3 Å². The number of carbonyl (C=O) groups is 2. The monoisotopic (exact) mass is 358 g/mol. The van der Waals surface area contributed by atoms with Crippen LogP contribution >= 0.6 is 0 Å². The second-order valence-corrected chi connectivity index (χ2v) is 5.62. The Morgan fingerprint density at radius 2 is 1.81 bits per heavy atom. The number of aromatic carboxylic acids is 1. The first-order chi connectivity index (χ1) is 12.5. The summed E-state index contributed by atoms with van der Waals surface area (Å²) in [5.74, 6) is -0.320. The largest absolute Gasteiger partial charge is 0.496 e. The topological polar surface area (TPSA) is 99.1 Å². The van der Waals surface area contributed by atoms with E-state index in [9.17, 15) is 14.7 Å². The summed E-state index contributed by atoms with van der Waals surface area (Å²) >= 11 is 0. The van der Waals surface area contributed by atoms with Crippen LogP contribution in [0.3, 0.4) is 0 Å². The highest BCUT2D eigenvalue weighted by Crippen LogP contribution is 2.19. The van der Waals surface area contributed by atoms with Crippen molar-refractivity contribution in [3.63, 3.8) is 0 Å². The molecule has 2 amide bonds. The maximum atomic E-state index is 12.5. The predicted molar refractivity (Wildman–Crippen MR) is 96.1 cm³/mol. The van der Waals surface area contributed by atoms with Gasteiger partial charge >= 0.3 is 12.0 Å². The van der Waals surface area contributed by atoms with Gasteiger partial charge in [-0.2, -0.15) is 0 Å². The van der Waals surface area contributed by atoms with Gasteiger partial charge in [0, 0.05) is 18.7 Å². The van der Waals surface area contributed by atoms with E-state index >= 15 is 0 Å². The molecule has 26 heavy (non-hydrogen) atoms. The van der Waals surface area contributed by atoms with Crippen molar-refractivity contribution >= 4 is 12.0 Å². The smallest absolute Gasteiger partial charge is 0.335 e. The summed E-state index contributed by atoms with van der Waals surface area (Å²) in [7, 11) is 1.57. The van der Waals surface area contributed by atoms with Gasteiger partial charge < -0.3 is 25.2 Å². The zero-order chi connectivity index (χ0) is 18.9. The molecule has 0 atom stereocenters. The number of urea groups is 1. The number of hydrogen-bond acceptors (Lipinski definition) is 4. The van der Waals surface area contributed by atoms with Crippen LogP contribution in [0, 0.1) is 0 Å². The summed E-state index contributed by atoms with van der Waals surface area (Å²) in [6.45, 7) is 0.582. The number of carboxylic acids is 1. The van der Waals surface area contributed by atoms with Crippen LogP contribution in [0.25, 0.3) is 0 Å². The molecule has 0 aliphatic rings. The molecule has 138 valence electrons. The number of aliphatic hydroxyl groups excluding tert-OH is 1. The third-order valence-corrected chi connectivity index (χ3v) is 3.86. The Morgan fingerprint density at radius 3 is 2.42 bits per heavy atom. The normalized spacial score (nSPS) is 10.2. The standard InChI is InChI=1S/C19H22N2O5/c1-26-17-5-3-2-4-16(17)13-21(10-11-22)19(25)20-12-14-6-8-15(9-7-14)18(23)24/h2-9,22H,10-13H2,1H3,(H,20,25)(H,23,24). The number of para-hydroxylation sites is 1. The molecule has 0 heterocycles. The number of amides is 2. The lowest BCUT2D eigenvalue weighted by atomic mass is 10.1. The average Bonchev–Trinajstić information content (AvgIpc) is 2.66. The fourth-order valence-electron chi connectivity index (χ4n) is 2.47. The highest BCUT2D eigenvalue weighted by atomic mass is 16.5. The van der Waals surface area contributed by atoms with E-state index < -0.39 is 5.97 Å². The van der Waals surface area contributed by atoms with E-state index in [4.69, 9.17) is 9.84 Å². The Morgan fingerprint density at radius 1 is 1.12 bits per heavy atom. The van der Waals surface area contributed by atoms with Gasteiger partial charge in [-0.3, -0.25) is 0 Å². The van der Waals surface area contributed by atoms with Crippen molar-refractivity contribution in [3.8, 4) is 5.75 Å². The van der Waals surface area contributed by atoms with Gasteiger partial charge in [0.25, 0.3) is 0 Å². The first-order valence-corrected chi connectivity index (χ1v) is 8.13. The van der Waals surface area contributed by atoms with Crippen molar-refractivity contribution in [2.24, 2.45) is 0 Å². The molecular formula is C19H22N2O5. The lowest BCUT2D eigenvalue weighted by Crippen LogP contribution is -2.40. The molecule has 0 fully saturated rings. The molecule has 7 nitrogen and oxygen atoms in total. The van der Waals surface area contributed by atoms with Gasteiger partial charge in [0.1, 0.15) is 5.75 Å². The fourth-order valence-corrected chi connectivity index (χ4v) is 2.47. The number of rotatable bonds is 8. The summed E-state index contributed by atoms with van der Waals surface area (Å²) in [6, 6.07) is 13.3. The number of hydrogen-bond donors (Lipinski definition) is 3. The van der Waals surface area contributed by atoms with Gasteiger partial charge in [0.15, 0.2) is 0 Å². The molecule has 2 aromatic rings. The minimum atomic E-state index is -0.994. The fraction of sp³-hybridized carbons (Fsp3) is 0.263. The first kappa shape index (κ1) is 19.3. The number of nitrogens with zero attached hydrogens (tertiary/aromatic N) is 1. The number of methoxy groups -OCH3 is 1. The van der Waals surface area contributed by atoms with Gasteiger partial charge in [-0.05, 0) is 23.8 Å². The van der Waals surface area contributed by atoms with Gasteiger partial charge in [-0.25, -0.2) is 9.59 Å². The van der Waals surface area contributed by atoms with Crippen LogP contribution < -0.4 is 10.1 Å². The molecule has 7 heteroatoms. The third kappa shape index (κ3) is 5.22. The van der Waals surface area contributed by atoms with Crippen LogP contribution in [-0.4, -0.2) is 47.4 Å². The molecule has 0 aliphatic carbocycles. The van der Waals surface area contributed by atoms with Crippen molar-refractivity contribution in [1.82, 2.24) is 10.2 Å². The maximum Gasteiger partial charge on any atom is 0.335 e. The van der Waals surface area contributed by atoms with Crippen molar-refractivity contribution in [1.29, 1.82) is 0 Å². The summed E-state index contributed by atoms with van der Waals surface area (Å²) < 4.78 is 5.30. The molecule has 2 rings (SSSR count). The zero-order valence-corrected chi connectivity index (χ0v) is 14.5. The van der Waals surface area contributed by atoms with E-state index in [0.717, 1.165) is 11.1 Å². The molecule has 0 saturated carbocycles. The lowest BCUT2D eigenvalue weighted by Gasteiger charge is -2.23. The summed E-state index contributed by atoms with van der Waals surface area (Å²) in [5.41, 5.74) is 1.81. The lowest BCUT2D eigenvalue weighted by molar-refractivity contribution is 0.0697. The second-order valence-electron chi connectivity index (χ2n) is 5.62. The Balaban J connectivity index is 2.00. The van der Waals surface area contributed by atoms with Crippen LogP contribution in [0.2, 0.25) is 0 Å². The third-order valence-electron chi connectivity index (χ3n) is 3.86. The van der Waals surface area contributed by atoms with E-state index in [2.05, 4.69) is 5.32 Å². The average molecular weight is 358 g/mol.